The van der Waals surface area contributed by atoms with Crippen molar-refractivity contribution < 1.29 is 19.4 Å². The van der Waals surface area contributed by atoms with Crippen molar-refractivity contribution >= 4 is 11.9 Å². The van der Waals surface area contributed by atoms with Crippen LogP contribution in [-0.4, -0.2) is 48.2 Å². The number of aliphatic carboxylic acids is 1. The van der Waals surface area contributed by atoms with Crippen molar-refractivity contribution in [2.45, 2.75) is 13.3 Å². The first-order valence-electron chi connectivity index (χ1n) is 5.41. The second-order valence-electron chi connectivity index (χ2n) is 3.77. The number of carboxylic acid groups (broad SMARTS) is 1. The molecule has 1 amide bonds. The minimum atomic E-state index is -1.10. The van der Waals surface area contributed by atoms with Gasteiger partial charge in [-0.3, -0.25) is 4.79 Å². The van der Waals surface area contributed by atoms with Crippen molar-refractivity contribution in [2.75, 3.05) is 26.3 Å². The summed E-state index contributed by atoms with van der Waals surface area (Å²) in [6, 6.07) is 0. The molecule has 0 aromatic carbocycles. The van der Waals surface area contributed by atoms with Gasteiger partial charge < -0.3 is 14.7 Å². The molecule has 1 atom stereocenters. The molecular formula is C11H17NO4. The average Bonchev–Trinajstić information content (AvgIpc) is 2.71. The Hall–Kier alpha value is -1.36. The SMILES string of the molecule is CCOC[C@H]1CCN(C(=O)/C=C/C(=O)O)C1. The number of ether oxygens (including phenoxy) is 1. The van der Waals surface area contributed by atoms with Gasteiger partial charge in [-0.05, 0) is 13.3 Å². The molecule has 1 aliphatic rings. The molecule has 5 heteroatoms. The van der Waals surface area contributed by atoms with Gasteiger partial charge >= 0.3 is 5.97 Å². The molecule has 0 aliphatic carbocycles. The molecule has 0 saturated carbocycles. The molecule has 5 nitrogen and oxygen atoms in total. The molecule has 1 N–H and O–H groups in total. The Morgan fingerprint density at radius 2 is 2.25 bits per heavy atom. The zero-order valence-electron chi connectivity index (χ0n) is 9.39. The summed E-state index contributed by atoms with van der Waals surface area (Å²) < 4.78 is 5.29. The molecule has 0 radical (unpaired) electrons. The maximum Gasteiger partial charge on any atom is 0.328 e. The van der Waals surface area contributed by atoms with Crippen LogP contribution >= 0.6 is 0 Å². The molecule has 0 bridgehead atoms. The fourth-order valence-corrected chi connectivity index (χ4v) is 1.70. The number of hydrogen-bond donors (Lipinski definition) is 1. The van der Waals surface area contributed by atoms with Gasteiger partial charge in [0.25, 0.3) is 0 Å². The van der Waals surface area contributed by atoms with Crippen molar-refractivity contribution in [1.29, 1.82) is 0 Å². The zero-order chi connectivity index (χ0) is 12.0. The molecule has 0 aromatic heterocycles. The van der Waals surface area contributed by atoms with Gasteiger partial charge in [0, 0.05) is 37.8 Å². The molecular weight excluding hydrogens is 210 g/mol. The van der Waals surface area contributed by atoms with Gasteiger partial charge in [-0.1, -0.05) is 0 Å². The van der Waals surface area contributed by atoms with Gasteiger partial charge in [0.15, 0.2) is 0 Å². The van der Waals surface area contributed by atoms with E-state index in [1.54, 1.807) is 4.90 Å². The fraction of sp³-hybridized carbons (Fsp3) is 0.636. The second kappa shape index (κ2) is 6.27. The predicted molar refractivity (Wildman–Crippen MR) is 58.0 cm³/mol. The third-order valence-electron chi connectivity index (χ3n) is 2.52. The molecule has 0 spiro atoms. The molecule has 1 heterocycles. The van der Waals surface area contributed by atoms with Crippen molar-refractivity contribution in [2.24, 2.45) is 5.92 Å². The zero-order valence-corrected chi connectivity index (χ0v) is 9.39. The van der Waals surface area contributed by atoms with Crippen LogP contribution in [0.5, 0.6) is 0 Å². The number of amides is 1. The highest BCUT2D eigenvalue weighted by Crippen LogP contribution is 2.16. The van der Waals surface area contributed by atoms with Crippen LogP contribution < -0.4 is 0 Å². The van der Waals surface area contributed by atoms with Crippen LogP contribution in [0.1, 0.15) is 13.3 Å². The summed E-state index contributed by atoms with van der Waals surface area (Å²) in [7, 11) is 0. The quantitative estimate of drug-likeness (QED) is 0.695. The van der Waals surface area contributed by atoms with Crippen LogP contribution in [0, 0.1) is 5.92 Å². The Kier molecular flexibility index (Phi) is 4.98. The van der Waals surface area contributed by atoms with Gasteiger partial charge in [0.05, 0.1) is 6.61 Å². The smallest absolute Gasteiger partial charge is 0.328 e. The first kappa shape index (κ1) is 12.7. The number of likely N-dealkylation sites (tertiary alicyclic amines) is 1. The lowest BCUT2D eigenvalue weighted by atomic mass is 10.1. The highest BCUT2D eigenvalue weighted by Gasteiger charge is 2.24. The summed E-state index contributed by atoms with van der Waals surface area (Å²) in [4.78, 5) is 23.4. The third kappa shape index (κ3) is 4.02. The number of rotatable bonds is 5. The van der Waals surface area contributed by atoms with E-state index in [4.69, 9.17) is 9.84 Å². The summed E-state index contributed by atoms with van der Waals surface area (Å²) in [5.41, 5.74) is 0. The maximum absolute atomic E-state index is 11.5. The number of carbonyl (C=O) groups is 2. The lowest BCUT2D eigenvalue weighted by Gasteiger charge is -2.14. The van der Waals surface area contributed by atoms with Crippen molar-refractivity contribution in [1.82, 2.24) is 4.90 Å². The largest absolute Gasteiger partial charge is 0.478 e. The molecule has 0 unspecified atom stereocenters. The van der Waals surface area contributed by atoms with Gasteiger partial charge in [0.1, 0.15) is 0 Å². The Bertz CT molecular complexity index is 288. The van der Waals surface area contributed by atoms with Gasteiger partial charge in [0.2, 0.25) is 5.91 Å². The van der Waals surface area contributed by atoms with E-state index in [1.807, 2.05) is 6.92 Å². The van der Waals surface area contributed by atoms with Crippen LogP contribution in [-0.2, 0) is 14.3 Å². The van der Waals surface area contributed by atoms with Crippen molar-refractivity contribution in [3.8, 4) is 0 Å². The van der Waals surface area contributed by atoms with E-state index in [9.17, 15) is 9.59 Å². The normalized spacial score (nSPS) is 20.6. The van der Waals surface area contributed by atoms with E-state index in [-0.39, 0.29) is 5.91 Å². The maximum atomic E-state index is 11.5. The Morgan fingerprint density at radius 3 is 2.88 bits per heavy atom. The lowest BCUT2D eigenvalue weighted by molar-refractivity contribution is -0.132. The molecule has 1 saturated heterocycles. The van der Waals surface area contributed by atoms with Crippen LogP contribution in [0.2, 0.25) is 0 Å². The molecule has 16 heavy (non-hydrogen) atoms. The van der Waals surface area contributed by atoms with Crippen LogP contribution in [0.25, 0.3) is 0 Å². The minimum absolute atomic E-state index is 0.235. The number of carbonyl (C=O) groups excluding carboxylic acids is 1. The van der Waals surface area contributed by atoms with Crippen molar-refractivity contribution in [3.05, 3.63) is 12.2 Å². The van der Waals surface area contributed by atoms with Gasteiger partial charge in [-0.15, -0.1) is 0 Å². The van der Waals surface area contributed by atoms with Crippen LogP contribution in [0.3, 0.4) is 0 Å². The highest BCUT2D eigenvalue weighted by atomic mass is 16.5. The van der Waals surface area contributed by atoms with Crippen molar-refractivity contribution in [3.63, 3.8) is 0 Å². The first-order chi connectivity index (χ1) is 7.63. The summed E-state index contributed by atoms with van der Waals surface area (Å²) in [6.45, 7) is 4.63. The standard InChI is InChI=1S/C11H17NO4/c1-2-16-8-9-5-6-12(7-9)10(13)3-4-11(14)15/h3-4,9H,2,5-8H2,1H3,(H,14,15)/b4-3+/t9-/m0/s1. The van der Waals surface area contributed by atoms with E-state index in [0.717, 1.165) is 18.6 Å². The van der Waals surface area contributed by atoms with Gasteiger partial charge in [-0.25, -0.2) is 4.79 Å². The monoisotopic (exact) mass is 227 g/mol. The Morgan fingerprint density at radius 1 is 1.50 bits per heavy atom. The highest BCUT2D eigenvalue weighted by molar-refractivity contribution is 5.94. The number of carboxylic acids is 1. The van der Waals surface area contributed by atoms with E-state index < -0.39 is 5.97 Å². The molecule has 1 fully saturated rings. The topological polar surface area (TPSA) is 66.8 Å². The fourth-order valence-electron chi connectivity index (χ4n) is 1.70. The van der Waals surface area contributed by atoms with Crippen LogP contribution in [0.15, 0.2) is 12.2 Å². The van der Waals surface area contributed by atoms with E-state index in [2.05, 4.69) is 0 Å². The third-order valence-corrected chi connectivity index (χ3v) is 2.52. The van der Waals surface area contributed by atoms with Gasteiger partial charge in [-0.2, -0.15) is 0 Å². The summed E-state index contributed by atoms with van der Waals surface area (Å²) in [5, 5.41) is 8.40. The Balaban J connectivity index is 2.35. The van der Waals surface area contributed by atoms with Crippen LogP contribution in [0.4, 0.5) is 0 Å². The molecule has 90 valence electrons. The second-order valence-corrected chi connectivity index (χ2v) is 3.77. The lowest BCUT2D eigenvalue weighted by Crippen LogP contribution is -2.27. The summed E-state index contributed by atoms with van der Waals surface area (Å²) in [6.07, 6.45) is 2.90. The first-order valence-corrected chi connectivity index (χ1v) is 5.41. The van der Waals surface area contributed by atoms with E-state index in [1.165, 1.54) is 0 Å². The molecule has 1 aliphatic heterocycles. The summed E-state index contributed by atoms with van der Waals surface area (Å²) >= 11 is 0. The van der Waals surface area contributed by atoms with E-state index >= 15 is 0 Å². The number of nitrogens with zero attached hydrogens (tertiary/aromatic N) is 1. The van der Waals surface area contributed by atoms with E-state index in [0.29, 0.717) is 32.2 Å². The Labute approximate surface area is 94.7 Å². The summed E-state index contributed by atoms with van der Waals surface area (Å²) in [5.74, 6) is -0.957. The number of hydrogen-bond acceptors (Lipinski definition) is 3. The average molecular weight is 227 g/mol. The minimum Gasteiger partial charge on any atom is -0.478 e. The predicted octanol–water partition coefficient (Wildman–Crippen LogP) is 0.512. The molecule has 1 rings (SSSR count). The molecule has 0 aromatic rings.